The van der Waals surface area contributed by atoms with Crippen molar-refractivity contribution in [2.24, 2.45) is 0 Å². The maximum atomic E-state index is 11.8. The summed E-state index contributed by atoms with van der Waals surface area (Å²) in [5.74, 6) is 0.509. The van der Waals surface area contributed by atoms with Crippen LogP contribution in [-0.2, 0) is 10.1 Å². The van der Waals surface area contributed by atoms with Gasteiger partial charge in [-0.05, 0) is 66.8 Å². The van der Waals surface area contributed by atoms with Crippen molar-refractivity contribution in [2.75, 3.05) is 0 Å². The van der Waals surface area contributed by atoms with Gasteiger partial charge in [-0.15, -0.1) is 0 Å². The van der Waals surface area contributed by atoms with Crippen molar-refractivity contribution in [3.05, 3.63) is 28.3 Å². The second kappa shape index (κ2) is 6.09. The summed E-state index contributed by atoms with van der Waals surface area (Å²) < 4.78 is 33.3. The molecule has 0 spiro atoms. The van der Waals surface area contributed by atoms with Gasteiger partial charge in [-0.3, -0.25) is 4.55 Å². The average molecular weight is 310 g/mol. The molecular formula is C17H26O3S. The first-order valence-electron chi connectivity index (χ1n) is 7.85. The molecule has 0 unspecified atom stereocenters. The quantitative estimate of drug-likeness (QED) is 0.822. The molecular weight excluding hydrogens is 284 g/mol. The van der Waals surface area contributed by atoms with E-state index in [0.29, 0.717) is 5.92 Å². The molecule has 1 aliphatic rings. The summed E-state index contributed by atoms with van der Waals surface area (Å²) in [5, 5.41) is 0. The summed E-state index contributed by atoms with van der Waals surface area (Å²) in [6, 6.07) is 1.63. The number of benzene rings is 1. The Hall–Kier alpha value is -0.870. The van der Waals surface area contributed by atoms with Gasteiger partial charge in [0.1, 0.15) is 0 Å². The number of hydrogen-bond donors (Lipinski definition) is 1. The molecule has 0 aromatic heterocycles. The SMILES string of the molecule is Cc1cc(S(=O)(=O)O)c(C(C)C)c(C2CCCCC2)c1C. The maximum absolute atomic E-state index is 11.8. The molecule has 3 nitrogen and oxygen atoms in total. The van der Waals surface area contributed by atoms with Crippen molar-refractivity contribution >= 4 is 10.1 Å². The maximum Gasteiger partial charge on any atom is 0.294 e. The highest BCUT2D eigenvalue weighted by Gasteiger charge is 2.28. The third-order valence-electron chi connectivity index (χ3n) is 4.77. The van der Waals surface area contributed by atoms with Gasteiger partial charge in [0.15, 0.2) is 0 Å². The van der Waals surface area contributed by atoms with Crippen LogP contribution in [0.15, 0.2) is 11.0 Å². The summed E-state index contributed by atoms with van der Waals surface area (Å²) in [6.07, 6.45) is 5.92. The molecule has 0 heterocycles. The molecule has 0 saturated heterocycles. The molecule has 1 fully saturated rings. The standard InChI is InChI=1S/C17H26O3S/c1-11(2)16-15(21(18,19)20)10-12(3)13(4)17(16)14-8-6-5-7-9-14/h10-11,14H,5-9H2,1-4H3,(H,18,19,20). The van der Waals surface area contributed by atoms with E-state index in [2.05, 4.69) is 6.92 Å². The minimum Gasteiger partial charge on any atom is -0.282 e. The van der Waals surface area contributed by atoms with Gasteiger partial charge in [-0.2, -0.15) is 8.42 Å². The number of aryl methyl sites for hydroxylation is 1. The second-order valence-corrected chi connectivity index (χ2v) is 8.00. The van der Waals surface area contributed by atoms with Crippen LogP contribution in [0.4, 0.5) is 0 Å². The van der Waals surface area contributed by atoms with Crippen molar-refractivity contribution < 1.29 is 13.0 Å². The van der Waals surface area contributed by atoms with Crippen LogP contribution in [0.2, 0.25) is 0 Å². The average Bonchev–Trinajstić information content (AvgIpc) is 2.40. The molecule has 0 atom stereocenters. The zero-order valence-corrected chi connectivity index (χ0v) is 14.3. The fraction of sp³-hybridized carbons (Fsp3) is 0.647. The van der Waals surface area contributed by atoms with E-state index in [0.717, 1.165) is 24.0 Å². The molecule has 1 aromatic carbocycles. The molecule has 118 valence electrons. The molecule has 2 rings (SSSR count). The van der Waals surface area contributed by atoms with Crippen molar-refractivity contribution in [3.63, 3.8) is 0 Å². The van der Waals surface area contributed by atoms with Crippen molar-refractivity contribution in [2.45, 2.75) is 76.5 Å². The van der Waals surface area contributed by atoms with E-state index < -0.39 is 10.1 Å². The van der Waals surface area contributed by atoms with Crippen LogP contribution in [0.1, 0.15) is 80.0 Å². The van der Waals surface area contributed by atoms with E-state index in [1.807, 2.05) is 20.8 Å². The van der Waals surface area contributed by atoms with Crippen molar-refractivity contribution in [1.29, 1.82) is 0 Å². The predicted octanol–water partition coefficient (Wildman–Crippen LogP) is 4.72. The van der Waals surface area contributed by atoms with E-state index >= 15 is 0 Å². The Morgan fingerprint density at radius 1 is 1.14 bits per heavy atom. The summed E-state index contributed by atoms with van der Waals surface area (Å²) in [6.45, 7) is 8.02. The van der Waals surface area contributed by atoms with Gasteiger partial charge in [0, 0.05) is 0 Å². The Bertz CT molecular complexity index is 624. The first-order chi connectivity index (χ1) is 9.73. The lowest BCUT2D eigenvalue weighted by molar-refractivity contribution is 0.437. The molecule has 0 amide bonds. The predicted molar refractivity (Wildman–Crippen MR) is 85.6 cm³/mol. The van der Waals surface area contributed by atoms with Crippen LogP contribution in [0.5, 0.6) is 0 Å². The Balaban J connectivity index is 2.74. The lowest BCUT2D eigenvalue weighted by Gasteiger charge is -2.29. The molecule has 1 N–H and O–H groups in total. The Morgan fingerprint density at radius 3 is 2.19 bits per heavy atom. The molecule has 4 heteroatoms. The Morgan fingerprint density at radius 2 is 1.71 bits per heavy atom. The van der Waals surface area contributed by atoms with E-state index in [1.54, 1.807) is 6.07 Å². The molecule has 0 aliphatic heterocycles. The number of hydrogen-bond acceptors (Lipinski definition) is 2. The van der Waals surface area contributed by atoms with Crippen LogP contribution < -0.4 is 0 Å². The molecule has 0 radical (unpaired) electrons. The molecule has 1 saturated carbocycles. The van der Waals surface area contributed by atoms with Gasteiger partial charge < -0.3 is 0 Å². The van der Waals surface area contributed by atoms with Gasteiger partial charge in [0.2, 0.25) is 0 Å². The van der Waals surface area contributed by atoms with Gasteiger partial charge in [0.05, 0.1) is 4.90 Å². The zero-order chi connectivity index (χ0) is 15.8. The van der Waals surface area contributed by atoms with Crippen LogP contribution in [0, 0.1) is 13.8 Å². The zero-order valence-electron chi connectivity index (χ0n) is 13.4. The van der Waals surface area contributed by atoms with Crippen LogP contribution in [0.3, 0.4) is 0 Å². The van der Waals surface area contributed by atoms with Gasteiger partial charge in [-0.1, -0.05) is 33.1 Å². The Kier molecular flexibility index (Phi) is 4.79. The fourth-order valence-electron chi connectivity index (χ4n) is 3.66. The second-order valence-electron chi connectivity index (χ2n) is 6.61. The topological polar surface area (TPSA) is 54.4 Å². The monoisotopic (exact) mass is 310 g/mol. The summed E-state index contributed by atoms with van der Waals surface area (Å²) in [7, 11) is -4.18. The first-order valence-corrected chi connectivity index (χ1v) is 9.29. The minimum atomic E-state index is -4.18. The smallest absolute Gasteiger partial charge is 0.282 e. The van der Waals surface area contributed by atoms with Gasteiger partial charge >= 0.3 is 0 Å². The largest absolute Gasteiger partial charge is 0.294 e. The van der Waals surface area contributed by atoms with Crippen LogP contribution in [-0.4, -0.2) is 13.0 Å². The van der Waals surface area contributed by atoms with Crippen LogP contribution >= 0.6 is 0 Å². The summed E-state index contributed by atoms with van der Waals surface area (Å²) >= 11 is 0. The van der Waals surface area contributed by atoms with Crippen LogP contribution in [0.25, 0.3) is 0 Å². The Labute approximate surface area is 128 Å². The summed E-state index contributed by atoms with van der Waals surface area (Å²) in [4.78, 5) is 0.112. The highest BCUT2D eigenvalue weighted by molar-refractivity contribution is 7.85. The third-order valence-corrected chi connectivity index (χ3v) is 5.66. The molecule has 1 aromatic rings. The van der Waals surface area contributed by atoms with E-state index in [9.17, 15) is 13.0 Å². The van der Waals surface area contributed by atoms with E-state index in [-0.39, 0.29) is 10.8 Å². The van der Waals surface area contributed by atoms with E-state index in [1.165, 1.54) is 30.4 Å². The normalized spacial score (nSPS) is 17.4. The lowest BCUT2D eigenvalue weighted by atomic mass is 9.77. The van der Waals surface area contributed by atoms with Gasteiger partial charge in [-0.25, -0.2) is 0 Å². The highest BCUT2D eigenvalue weighted by atomic mass is 32.2. The first kappa shape index (κ1) is 16.5. The van der Waals surface area contributed by atoms with E-state index in [4.69, 9.17) is 0 Å². The molecule has 21 heavy (non-hydrogen) atoms. The fourth-order valence-corrected chi connectivity index (χ4v) is 4.61. The lowest BCUT2D eigenvalue weighted by Crippen LogP contribution is -2.15. The van der Waals surface area contributed by atoms with Crippen molar-refractivity contribution in [3.8, 4) is 0 Å². The minimum absolute atomic E-state index is 0.0816. The molecule has 0 bridgehead atoms. The van der Waals surface area contributed by atoms with Gasteiger partial charge in [0.25, 0.3) is 10.1 Å². The highest BCUT2D eigenvalue weighted by Crippen LogP contribution is 2.42. The summed E-state index contributed by atoms with van der Waals surface area (Å²) in [5.41, 5.74) is 4.15. The third kappa shape index (κ3) is 3.32. The molecule has 1 aliphatic carbocycles. The number of rotatable bonds is 3. The van der Waals surface area contributed by atoms with Crippen molar-refractivity contribution in [1.82, 2.24) is 0 Å².